The fraction of sp³-hybridized carbons (Fsp3) is 0.235. The second-order valence-electron chi connectivity index (χ2n) is 4.82. The van der Waals surface area contributed by atoms with Crippen LogP contribution in [0, 0.1) is 6.92 Å². The predicted molar refractivity (Wildman–Crippen MR) is 83.3 cm³/mol. The average molecular weight is 286 g/mol. The molecule has 0 aromatic heterocycles. The van der Waals surface area contributed by atoms with Crippen LogP contribution in [-0.2, 0) is 16.6 Å². The quantitative estimate of drug-likeness (QED) is 0.788. The molecule has 0 amide bonds. The number of benzene rings is 2. The van der Waals surface area contributed by atoms with E-state index >= 15 is 0 Å². The van der Waals surface area contributed by atoms with Crippen molar-refractivity contribution >= 4 is 16.6 Å². The molecule has 0 aliphatic carbocycles. The molecule has 2 unspecified atom stereocenters. The topological polar surface area (TPSA) is 34.1 Å². The summed E-state index contributed by atoms with van der Waals surface area (Å²) in [6, 6.07) is 16.9. The monoisotopic (exact) mass is 286 g/mol. The van der Waals surface area contributed by atoms with Gasteiger partial charge in [0, 0.05) is 22.1 Å². The van der Waals surface area contributed by atoms with Crippen LogP contribution >= 0.6 is 0 Å². The first kappa shape index (κ1) is 14.7. The third-order valence-electron chi connectivity index (χ3n) is 3.38. The smallest absolute Gasteiger partial charge is 0.178 e. The van der Waals surface area contributed by atoms with Crippen molar-refractivity contribution in [3.05, 3.63) is 71.3 Å². The highest BCUT2D eigenvalue weighted by Crippen LogP contribution is 2.15. The summed E-state index contributed by atoms with van der Waals surface area (Å²) in [6.07, 6.45) is 0. The van der Waals surface area contributed by atoms with Crippen LogP contribution in [0.3, 0.4) is 0 Å². The molecule has 2 nitrogen and oxygen atoms in total. The van der Waals surface area contributed by atoms with Crippen molar-refractivity contribution in [1.82, 2.24) is 0 Å². The molecule has 0 spiro atoms. The van der Waals surface area contributed by atoms with E-state index in [0.717, 1.165) is 11.1 Å². The molecular formula is C17H18O2S. The number of carbonyl (C=O) groups excluding carboxylic acids is 1. The van der Waals surface area contributed by atoms with Crippen LogP contribution < -0.4 is 0 Å². The van der Waals surface area contributed by atoms with Gasteiger partial charge < -0.3 is 0 Å². The molecule has 0 saturated heterocycles. The van der Waals surface area contributed by atoms with Gasteiger partial charge >= 0.3 is 0 Å². The third-order valence-corrected chi connectivity index (χ3v) is 4.98. The molecule has 0 radical (unpaired) electrons. The second kappa shape index (κ2) is 6.62. The highest BCUT2D eigenvalue weighted by molar-refractivity contribution is 7.85. The van der Waals surface area contributed by atoms with E-state index in [9.17, 15) is 9.00 Å². The first-order valence-electron chi connectivity index (χ1n) is 6.60. The van der Waals surface area contributed by atoms with Crippen LogP contribution in [0.15, 0.2) is 54.6 Å². The van der Waals surface area contributed by atoms with Gasteiger partial charge in [-0.15, -0.1) is 0 Å². The molecule has 20 heavy (non-hydrogen) atoms. The lowest BCUT2D eigenvalue weighted by molar-refractivity contribution is 0.0992. The lowest BCUT2D eigenvalue weighted by Gasteiger charge is -2.12. The molecule has 0 N–H and O–H groups in total. The van der Waals surface area contributed by atoms with Crippen LogP contribution in [-0.4, -0.2) is 15.2 Å². The molecule has 0 saturated carbocycles. The molecule has 2 aromatic rings. The lowest BCUT2D eigenvalue weighted by atomic mass is 10.1. The zero-order valence-electron chi connectivity index (χ0n) is 11.7. The zero-order valence-corrected chi connectivity index (χ0v) is 12.5. The molecule has 0 fully saturated rings. The number of hydrogen-bond donors (Lipinski definition) is 0. The lowest BCUT2D eigenvalue weighted by Crippen LogP contribution is -2.23. The highest BCUT2D eigenvalue weighted by atomic mass is 32.2. The summed E-state index contributed by atoms with van der Waals surface area (Å²) in [5.41, 5.74) is 2.77. The molecule has 2 atom stereocenters. The van der Waals surface area contributed by atoms with E-state index in [1.165, 1.54) is 0 Å². The van der Waals surface area contributed by atoms with Gasteiger partial charge in [-0.3, -0.25) is 9.00 Å². The minimum atomic E-state index is -1.21. The number of carbonyl (C=O) groups is 1. The van der Waals surface area contributed by atoms with Gasteiger partial charge in [0.2, 0.25) is 0 Å². The van der Waals surface area contributed by atoms with Gasteiger partial charge in [-0.1, -0.05) is 54.6 Å². The van der Waals surface area contributed by atoms with Crippen LogP contribution in [0.25, 0.3) is 0 Å². The summed E-state index contributed by atoms with van der Waals surface area (Å²) in [4.78, 5) is 12.3. The van der Waals surface area contributed by atoms with Crippen molar-refractivity contribution in [3.63, 3.8) is 0 Å². The molecule has 0 bridgehead atoms. The van der Waals surface area contributed by atoms with Crippen LogP contribution in [0.2, 0.25) is 0 Å². The van der Waals surface area contributed by atoms with E-state index in [1.54, 1.807) is 19.1 Å². The average Bonchev–Trinajstić information content (AvgIpc) is 2.49. The largest absolute Gasteiger partial charge is 0.293 e. The normalized spacial score (nSPS) is 13.7. The molecule has 0 heterocycles. The Balaban J connectivity index is 2.10. The van der Waals surface area contributed by atoms with Gasteiger partial charge in [0.25, 0.3) is 0 Å². The van der Waals surface area contributed by atoms with Crippen LogP contribution in [0.1, 0.15) is 28.4 Å². The first-order valence-corrected chi connectivity index (χ1v) is 7.98. The Morgan fingerprint density at radius 3 is 2.30 bits per heavy atom. The third kappa shape index (κ3) is 3.42. The standard InChI is InChI=1S/C17H18O2S/c1-13-8-6-7-11-16(13)12-20(19)14(2)17(18)15-9-4-3-5-10-15/h3-11,14H,12H2,1-2H3. The number of hydrogen-bond acceptors (Lipinski definition) is 2. The molecule has 3 heteroatoms. The molecule has 104 valence electrons. The minimum Gasteiger partial charge on any atom is -0.293 e. The van der Waals surface area contributed by atoms with Crippen molar-refractivity contribution in [2.75, 3.05) is 0 Å². The van der Waals surface area contributed by atoms with E-state index in [1.807, 2.05) is 49.4 Å². The van der Waals surface area contributed by atoms with Crippen molar-refractivity contribution in [3.8, 4) is 0 Å². The molecule has 0 aliphatic rings. The summed E-state index contributed by atoms with van der Waals surface area (Å²) >= 11 is 0. The van der Waals surface area contributed by atoms with Gasteiger partial charge in [0.05, 0.1) is 5.25 Å². The summed E-state index contributed by atoms with van der Waals surface area (Å²) in [5.74, 6) is 0.365. The minimum absolute atomic E-state index is 0.0579. The SMILES string of the molecule is Cc1ccccc1CS(=O)C(C)C(=O)c1ccccc1. The fourth-order valence-corrected chi connectivity index (χ4v) is 3.26. The Hall–Kier alpha value is -1.74. The van der Waals surface area contributed by atoms with E-state index in [-0.39, 0.29) is 5.78 Å². The predicted octanol–water partition coefficient (Wildman–Crippen LogP) is 3.52. The Morgan fingerprint density at radius 1 is 1.05 bits per heavy atom. The van der Waals surface area contributed by atoms with Crippen LogP contribution in [0.4, 0.5) is 0 Å². The Labute approximate surface area is 122 Å². The Kier molecular flexibility index (Phi) is 4.85. The number of ketones is 1. The van der Waals surface area contributed by atoms with Gasteiger partial charge in [0.15, 0.2) is 5.78 Å². The van der Waals surface area contributed by atoms with Crippen LogP contribution in [0.5, 0.6) is 0 Å². The summed E-state index contributed by atoms with van der Waals surface area (Å²) in [6.45, 7) is 3.74. The van der Waals surface area contributed by atoms with Gasteiger partial charge in [-0.25, -0.2) is 0 Å². The second-order valence-corrected chi connectivity index (χ2v) is 6.58. The summed E-state index contributed by atoms with van der Waals surface area (Å²) in [7, 11) is -1.21. The Morgan fingerprint density at radius 2 is 1.65 bits per heavy atom. The van der Waals surface area contributed by atoms with E-state index in [0.29, 0.717) is 11.3 Å². The first-order chi connectivity index (χ1) is 9.59. The van der Waals surface area contributed by atoms with E-state index < -0.39 is 16.0 Å². The van der Waals surface area contributed by atoms with Crippen molar-refractivity contribution < 1.29 is 9.00 Å². The van der Waals surface area contributed by atoms with E-state index in [4.69, 9.17) is 0 Å². The summed E-state index contributed by atoms with van der Waals surface area (Å²) in [5, 5.41) is -0.489. The zero-order chi connectivity index (χ0) is 14.5. The fourth-order valence-electron chi connectivity index (χ4n) is 2.01. The molecule has 0 aliphatic heterocycles. The van der Waals surface area contributed by atoms with Gasteiger partial charge in [-0.05, 0) is 25.0 Å². The maximum Gasteiger partial charge on any atom is 0.178 e. The number of aryl methyl sites for hydroxylation is 1. The summed E-state index contributed by atoms with van der Waals surface area (Å²) < 4.78 is 12.4. The molecule has 2 rings (SSSR count). The van der Waals surface area contributed by atoms with E-state index in [2.05, 4.69) is 0 Å². The number of Topliss-reactive ketones (excluding diaryl/α,β-unsaturated/α-hetero) is 1. The maximum atomic E-state index is 12.4. The number of rotatable bonds is 5. The van der Waals surface area contributed by atoms with Gasteiger partial charge in [0.1, 0.15) is 0 Å². The van der Waals surface area contributed by atoms with Crippen molar-refractivity contribution in [2.24, 2.45) is 0 Å². The maximum absolute atomic E-state index is 12.4. The van der Waals surface area contributed by atoms with Crippen molar-refractivity contribution in [2.45, 2.75) is 24.9 Å². The highest BCUT2D eigenvalue weighted by Gasteiger charge is 2.21. The van der Waals surface area contributed by atoms with Gasteiger partial charge in [-0.2, -0.15) is 0 Å². The Bertz CT molecular complexity index is 620. The molecular weight excluding hydrogens is 268 g/mol. The van der Waals surface area contributed by atoms with Crippen molar-refractivity contribution in [1.29, 1.82) is 0 Å². The molecule has 2 aromatic carbocycles.